The first kappa shape index (κ1) is 24.7. The Morgan fingerprint density at radius 1 is 1.24 bits per heavy atom. The second-order valence-electron chi connectivity index (χ2n) is 8.74. The summed E-state index contributed by atoms with van der Waals surface area (Å²) in [6.07, 6.45) is 2.80. The number of aliphatic hydroxyl groups is 3. The molecule has 0 bridgehead atoms. The van der Waals surface area contributed by atoms with Crippen molar-refractivity contribution in [2.75, 3.05) is 37.5 Å². The number of anilines is 2. The van der Waals surface area contributed by atoms with E-state index in [1.54, 1.807) is 19.5 Å². The van der Waals surface area contributed by atoms with Crippen molar-refractivity contribution >= 4 is 33.3 Å². The predicted octanol–water partition coefficient (Wildman–Crippen LogP) is 2.06. The van der Waals surface area contributed by atoms with E-state index in [-0.39, 0.29) is 6.61 Å². The number of pyridine rings is 1. The fraction of sp³-hybridized carbons (Fsp3) is 0.565. The van der Waals surface area contributed by atoms with Gasteiger partial charge < -0.3 is 30.7 Å². The molecule has 0 saturated heterocycles. The third-order valence-corrected chi connectivity index (χ3v) is 7.43. The number of aliphatic hydroxyl groups excluding tert-OH is 3. The van der Waals surface area contributed by atoms with Gasteiger partial charge in [-0.05, 0) is 31.7 Å². The second-order valence-corrected chi connectivity index (χ2v) is 9.77. The second kappa shape index (κ2) is 10.9. The van der Waals surface area contributed by atoms with Gasteiger partial charge in [0.1, 0.15) is 22.4 Å². The van der Waals surface area contributed by atoms with Gasteiger partial charge in [0.2, 0.25) is 5.95 Å². The molecule has 1 aliphatic carbocycles. The van der Waals surface area contributed by atoms with Crippen molar-refractivity contribution in [3.8, 4) is 10.6 Å². The molecule has 10 nitrogen and oxygen atoms in total. The Balaban J connectivity index is 1.69. The van der Waals surface area contributed by atoms with Crippen LogP contribution in [0.2, 0.25) is 0 Å². The van der Waals surface area contributed by atoms with Gasteiger partial charge in [-0.3, -0.25) is 4.98 Å². The summed E-state index contributed by atoms with van der Waals surface area (Å²) in [5.41, 5.74) is 2.26. The summed E-state index contributed by atoms with van der Waals surface area (Å²) in [5, 5.41) is 37.8. The van der Waals surface area contributed by atoms with Gasteiger partial charge in [0.15, 0.2) is 0 Å². The Morgan fingerprint density at radius 3 is 2.74 bits per heavy atom. The van der Waals surface area contributed by atoms with Crippen LogP contribution in [0.3, 0.4) is 0 Å². The lowest BCUT2D eigenvalue weighted by molar-refractivity contribution is 0.00446. The van der Waals surface area contributed by atoms with Crippen molar-refractivity contribution in [3.05, 3.63) is 24.2 Å². The van der Waals surface area contributed by atoms with Gasteiger partial charge in [0, 0.05) is 32.4 Å². The number of hydrogen-bond acceptors (Lipinski definition) is 11. The summed E-state index contributed by atoms with van der Waals surface area (Å²) in [5.74, 6) is 0.910. The molecule has 1 unspecified atom stereocenters. The Hall–Kier alpha value is -2.44. The standard InChI is InChI=1S/C23H32N6O4S/c1-4-13(11-33-3)8-25-23-26-12(2)18(22-28-16-9-24-6-5-17(16)34-22)21(29-23)27-15-7-14(10-30)19(31)20(15)32/h5-6,9,13-15,19-20,30-32H,4,7-8,10-11H2,1-3H3,(H2,25,26,27,29)/t13?,14-,15-,19-,20+/m1/s1. The van der Waals surface area contributed by atoms with Crippen LogP contribution in [-0.2, 0) is 4.74 Å². The van der Waals surface area contributed by atoms with Gasteiger partial charge in [-0.25, -0.2) is 9.97 Å². The molecule has 0 aromatic carbocycles. The average molecular weight is 489 g/mol. The van der Waals surface area contributed by atoms with E-state index < -0.39 is 24.2 Å². The van der Waals surface area contributed by atoms with Gasteiger partial charge in [-0.15, -0.1) is 11.3 Å². The molecule has 0 amide bonds. The molecule has 184 valence electrons. The molecule has 1 fully saturated rings. The largest absolute Gasteiger partial charge is 0.396 e. The summed E-state index contributed by atoms with van der Waals surface area (Å²) in [7, 11) is 1.69. The number of fused-ring (bicyclic) bond motifs is 1. The van der Waals surface area contributed by atoms with E-state index in [2.05, 4.69) is 27.5 Å². The molecule has 3 aromatic rings. The minimum absolute atomic E-state index is 0.193. The first-order chi connectivity index (χ1) is 16.4. The van der Waals surface area contributed by atoms with Crippen molar-refractivity contribution in [2.45, 2.75) is 44.9 Å². The van der Waals surface area contributed by atoms with Crippen LogP contribution < -0.4 is 10.6 Å². The summed E-state index contributed by atoms with van der Waals surface area (Å²) < 4.78 is 6.29. The van der Waals surface area contributed by atoms with Crippen LogP contribution in [0.15, 0.2) is 18.5 Å². The summed E-state index contributed by atoms with van der Waals surface area (Å²) in [6.45, 7) is 5.12. The van der Waals surface area contributed by atoms with Crippen LogP contribution in [0.1, 0.15) is 25.5 Å². The SMILES string of the molecule is CCC(CNc1nc(C)c(-c2nc3cnccc3s2)c(N[C@@H]2C[C@H](CO)[C@@H](O)[C@H]2O)n1)COC. The lowest BCUT2D eigenvalue weighted by Crippen LogP contribution is -2.35. The van der Waals surface area contributed by atoms with Crippen LogP contribution in [0.4, 0.5) is 11.8 Å². The Morgan fingerprint density at radius 2 is 2.06 bits per heavy atom. The molecular weight excluding hydrogens is 456 g/mol. The quantitative estimate of drug-likeness (QED) is 0.287. The van der Waals surface area contributed by atoms with E-state index in [0.29, 0.717) is 37.3 Å². The summed E-state index contributed by atoms with van der Waals surface area (Å²) in [6, 6.07) is 1.44. The molecule has 3 aromatic heterocycles. The molecule has 11 heteroatoms. The van der Waals surface area contributed by atoms with Crippen molar-refractivity contribution in [1.29, 1.82) is 0 Å². The van der Waals surface area contributed by atoms with E-state index in [9.17, 15) is 15.3 Å². The number of thiazole rings is 1. The zero-order valence-electron chi connectivity index (χ0n) is 19.6. The molecular formula is C23H32N6O4S. The highest BCUT2D eigenvalue weighted by Crippen LogP contribution is 2.37. The number of rotatable bonds is 10. The third-order valence-electron chi connectivity index (χ3n) is 6.38. The van der Waals surface area contributed by atoms with Crippen LogP contribution in [0.25, 0.3) is 20.8 Å². The molecule has 34 heavy (non-hydrogen) atoms. The van der Waals surface area contributed by atoms with Crippen molar-refractivity contribution in [2.24, 2.45) is 11.8 Å². The number of ether oxygens (including phenoxy) is 1. The van der Waals surface area contributed by atoms with E-state index in [0.717, 1.165) is 32.9 Å². The molecule has 5 N–H and O–H groups in total. The lowest BCUT2D eigenvalue weighted by atomic mass is 10.1. The van der Waals surface area contributed by atoms with Gasteiger partial charge in [-0.2, -0.15) is 4.98 Å². The summed E-state index contributed by atoms with van der Waals surface area (Å²) in [4.78, 5) is 18.3. The highest BCUT2D eigenvalue weighted by atomic mass is 32.1. The van der Waals surface area contributed by atoms with Gasteiger partial charge >= 0.3 is 0 Å². The van der Waals surface area contributed by atoms with Gasteiger partial charge in [0.25, 0.3) is 0 Å². The monoisotopic (exact) mass is 488 g/mol. The first-order valence-corrected chi connectivity index (χ1v) is 12.3. The Bertz CT molecular complexity index is 1080. The number of nitrogens with one attached hydrogen (secondary N) is 2. The first-order valence-electron chi connectivity index (χ1n) is 11.5. The minimum atomic E-state index is -1.03. The molecule has 3 heterocycles. The minimum Gasteiger partial charge on any atom is -0.396 e. The van der Waals surface area contributed by atoms with Gasteiger partial charge in [0.05, 0.1) is 40.9 Å². The molecule has 0 aliphatic heterocycles. The van der Waals surface area contributed by atoms with Crippen LogP contribution in [0.5, 0.6) is 0 Å². The molecule has 0 spiro atoms. The Labute approximate surface area is 202 Å². The number of aryl methyl sites for hydroxylation is 1. The van der Waals surface area contributed by atoms with E-state index in [4.69, 9.17) is 14.7 Å². The lowest BCUT2D eigenvalue weighted by Gasteiger charge is -2.22. The summed E-state index contributed by atoms with van der Waals surface area (Å²) >= 11 is 1.52. The average Bonchev–Trinajstić information content (AvgIpc) is 3.37. The van der Waals surface area contributed by atoms with Crippen LogP contribution >= 0.6 is 11.3 Å². The molecule has 1 saturated carbocycles. The Kier molecular flexibility index (Phi) is 7.89. The van der Waals surface area contributed by atoms with E-state index in [1.807, 2.05) is 13.0 Å². The van der Waals surface area contributed by atoms with Crippen molar-refractivity contribution in [3.63, 3.8) is 0 Å². The number of methoxy groups -OCH3 is 1. The smallest absolute Gasteiger partial charge is 0.224 e. The number of hydrogen-bond donors (Lipinski definition) is 5. The number of aromatic nitrogens is 4. The van der Waals surface area contributed by atoms with Crippen molar-refractivity contribution < 1.29 is 20.1 Å². The highest BCUT2D eigenvalue weighted by molar-refractivity contribution is 7.21. The maximum atomic E-state index is 10.6. The van der Waals surface area contributed by atoms with Gasteiger partial charge in [-0.1, -0.05) is 6.92 Å². The fourth-order valence-corrected chi connectivity index (χ4v) is 5.35. The highest BCUT2D eigenvalue weighted by Gasteiger charge is 2.41. The van der Waals surface area contributed by atoms with E-state index in [1.165, 1.54) is 11.3 Å². The third kappa shape index (κ3) is 5.13. The predicted molar refractivity (Wildman–Crippen MR) is 132 cm³/mol. The molecule has 4 rings (SSSR count). The van der Waals surface area contributed by atoms with Crippen molar-refractivity contribution in [1.82, 2.24) is 19.9 Å². The topological polar surface area (TPSA) is 146 Å². The molecule has 1 aliphatic rings. The molecule has 0 radical (unpaired) electrons. The number of nitrogens with zero attached hydrogens (tertiary/aromatic N) is 4. The fourth-order valence-electron chi connectivity index (χ4n) is 4.32. The van der Waals surface area contributed by atoms with Crippen LogP contribution in [0, 0.1) is 18.8 Å². The van der Waals surface area contributed by atoms with Crippen LogP contribution in [-0.4, -0.2) is 80.4 Å². The zero-order chi connectivity index (χ0) is 24.2. The molecule has 5 atom stereocenters. The normalized spacial score (nSPS) is 23.4. The maximum Gasteiger partial charge on any atom is 0.224 e. The maximum absolute atomic E-state index is 10.6. The zero-order valence-corrected chi connectivity index (χ0v) is 20.4. The van der Waals surface area contributed by atoms with E-state index >= 15 is 0 Å².